The summed E-state index contributed by atoms with van der Waals surface area (Å²) < 4.78 is 7.71. The maximum absolute atomic E-state index is 12.4. The maximum atomic E-state index is 12.4. The molecule has 6 heteroatoms. The van der Waals surface area contributed by atoms with Crippen LogP contribution in [0.3, 0.4) is 0 Å². The van der Waals surface area contributed by atoms with Crippen LogP contribution in [0.1, 0.15) is 39.7 Å². The number of nitrogens with one attached hydrogen (secondary N) is 1. The lowest BCUT2D eigenvalue weighted by molar-refractivity contribution is 0.0951. The van der Waals surface area contributed by atoms with Crippen LogP contribution in [0.5, 0.6) is 5.75 Å². The van der Waals surface area contributed by atoms with Crippen molar-refractivity contribution >= 4 is 17.5 Å². The van der Waals surface area contributed by atoms with Gasteiger partial charge in [0.05, 0.1) is 6.20 Å². The zero-order valence-electron chi connectivity index (χ0n) is 16.3. The summed E-state index contributed by atoms with van der Waals surface area (Å²) in [6.45, 7) is 7.71. The first kappa shape index (κ1) is 20.0. The Hall–Kier alpha value is -2.79. The third-order valence-electron chi connectivity index (χ3n) is 4.69. The zero-order chi connectivity index (χ0) is 20.1. The van der Waals surface area contributed by atoms with Crippen LogP contribution in [0.4, 0.5) is 0 Å². The number of hydrogen-bond donors (Lipinski definition) is 1. The Morgan fingerprint density at radius 3 is 2.57 bits per heavy atom. The minimum absolute atomic E-state index is 0.107. The van der Waals surface area contributed by atoms with Gasteiger partial charge in [0.15, 0.2) is 0 Å². The molecule has 1 aromatic heterocycles. The molecule has 3 rings (SSSR count). The lowest BCUT2D eigenvalue weighted by Gasteiger charge is -2.09. The molecule has 1 amide bonds. The number of ether oxygens (including phenoxy) is 1. The van der Waals surface area contributed by atoms with Crippen LogP contribution < -0.4 is 10.1 Å². The summed E-state index contributed by atoms with van der Waals surface area (Å²) in [7, 11) is 0. The normalized spacial score (nSPS) is 10.7. The molecule has 3 aromatic rings. The summed E-state index contributed by atoms with van der Waals surface area (Å²) in [6, 6.07) is 13.0. The van der Waals surface area contributed by atoms with Gasteiger partial charge in [-0.3, -0.25) is 9.48 Å². The van der Waals surface area contributed by atoms with Crippen LogP contribution in [-0.2, 0) is 19.7 Å². The Labute approximate surface area is 170 Å². The number of nitrogens with zero attached hydrogens (tertiary/aromatic N) is 2. The first-order valence-electron chi connectivity index (χ1n) is 9.25. The van der Waals surface area contributed by atoms with Gasteiger partial charge in [0.25, 0.3) is 5.91 Å². The Balaban J connectivity index is 1.54. The molecule has 0 aliphatic rings. The lowest BCUT2D eigenvalue weighted by Crippen LogP contribution is -2.23. The number of aryl methyl sites for hydroxylation is 2. The molecule has 0 saturated heterocycles. The third-order valence-corrected chi connectivity index (χ3v) is 5.12. The minimum atomic E-state index is -0.107. The molecule has 5 nitrogen and oxygen atoms in total. The van der Waals surface area contributed by atoms with E-state index in [1.807, 2.05) is 67.9 Å². The standard InChI is InChI=1S/C22H24ClN3O2/c1-4-26-16(3)19(13-25-26)12-24-22(27)18-7-5-17(6-8-18)14-28-20-9-10-21(23)15(2)11-20/h5-11,13H,4,12,14H2,1-3H3,(H,24,27). The molecule has 0 bridgehead atoms. The van der Waals surface area contributed by atoms with E-state index in [9.17, 15) is 4.79 Å². The summed E-state index contributed by atoms with van der Waals surface area (Å²) in [5.41, 5.74) is 4.69. The van der Waals surface area contributed by atoms with Gasteiger partial charge in [0.2, 0.25) is 0 Å². The molecule has 0 saturated carbocycles. The zero-order valence-corrected chi connectivity index (χ0v) is 17.1. The highest BCUT2D eigenvalue weighted by Gasteiger charge is 2.09. The Morgan fingerprint density at radius 2 is 1.93 bits per heavy atom. The van der Waals surface area contributed by atoms with Crippen molar-refractivity contribution in [2.24, 2.45) is 0 Å². The first-order valence-corrected chi connectivity index (χ1v) is 9.63. The predicted molar refractivity (Wildman–Crippen MR) is 111 cm³/mol. The highest BCUT2D eigenvalue weighted by atomic mass is 35.5. The topological polar surface area (TPSA) is 56.2 Å². The number of hydrogen-bond acceptors (Lipinski definition) is 3. The summed E-state index contributed by atoms with van der Waals surface area (Å²) in [5, 5.41) is 7.96. The molecule has 2 aromatic carbocycles. The number of carbonyl (C=O) groups is 1. The molecule has 0 aliphatic carbocycles. The van der Waals surface area contributed by atoms with E-state index in [-0.39, 0.29) is 5.91 Å². The van der Waals surface area contributed by atoms with Gasteiger partial charge >= 0.3 is 0 Å². The molecule has 146 valence electrons. The highest BCUT2D eigenvalue weighted by molar-refractivity contribution is 6.31. The Kier molecular flexibility index (Phi) is 6.37. The van der Waals surface area contributed by atoms with E-state index in [0.29, 0.717) is 18.7 Å². The number of benzene rings is 2. The molecule has 0 atom stereocenters. The quantitative estimate of drug-likeness (QED) is 0.629. The second kappa shape index (κ2) is 8.93. The lowest BCUT2D eigenvalue weighted by atomic mass is 10.1. The fourth-order valence-electron chi connectivity index (χ4n) is 2.88. The molecule has 28 heavy (non-hydrogen) atoms. The van der Waals surface area contributed by atoms with Crippen LogP contribution in [0.15, 0.2) is 48.7 Å². The van der Waals surface area contributed by atoms with Crippen molar-refractivity contribution in [3.05, 3.63) is 81.6 Å². The molecule has 0 unspecified atom stereocenters. The van der Waals surface area contributed by atoms with Crippen molar-refractivity contribution in [2.75, 3.05) is 0 Å². The Bertz CT molecular complexity index is 964. The molecule has 0 aliphatic heterocycles. The molecule has 1 heterocycles. The van der Waals surface area contributed by atoms with Gasteiger partial charge in [0.1, 0.15) is 12.4 Å². The fourth-order valence-corrected chi connectivity index (χ4v) is 3.00. The largest absolute Gasteiger partial charge is 0.489 e. The van der Waals surface area contributed by atoms with Crippen LogP contribution in [-0.4, -0.2) is 15.7 Å². The smallest absolute Gasteiger partial charge is 0.251 e. The Morgan fingerprint density at radius 1 is 1.18 bits per heavy atom. The third kappa shape index (κ3) is 4.73. The van der Waals surface area contributed by atoms with E-state index in [1.165, 1.54) is 0 Å². The molecule has 0 spiro atoms. The van der Waals surface area contributed by atoms with E-state index >= 15 is 0 Å². The van der Waals surface area contributed by atoms with Gasteiger partial charge in [-0.25, -0.2) is 0 Å². The van der Waals surface area contributed by atoms with Gasteiger partial charge in [-0.15, -0.1) is 0 Å². The minimum Gasteiger partial charge on any atom is -0.489 e. The molecular formula is C22H24ClN3O2. The maximum Gasteiger partial charge on any atom is 0.251 e. The molecule has 0 fully saturated rings. The summed E-state index contributed by atoms with van der Waals surface area (Å²) in [5.74, 6) is 0.663. The summed E-state index contributed by atoms with van der Waals surface area (Å²) >= 11 is 6.03. The van der Waals surface area contributed by atoms with Crippen LogP contribution in [0.25, 0.3) is 0 Å². The molecular weight excluding hydrogens is 374 g/mol. The van der Waals surface area contributed by atoms with Crippen LogP contribution in [0, 0.1) is 13.8 Å². The predicted octanol–water partition coefficient (Wildman–Crippen LogP) is 4.68. The van der Waals surface area contributed by atoms with Crippen LogP contribution in [0.2, 0.25) is 5.02 Å². The second-order valence-electron chi connectivity index (χ2n) is 6.65. The van der Waals surface area contributed by atoms with Crippen molar-refractivity contribution in [2.45, 2.75) is 40.5 Å². The summed E-state index contributed by atoms with van der Waals surface area (Å²) in [6.07, 6.45) is 1.80. The van der Waals surface area contributed by atoms with Crippen molar-refractivity contribution in [3.63, 3.8) is 0 Å². The number of aromatic nitrogens is 2. The second-order valence-corrected chi connectivity index (χ2v) is 7.06. The van der Waals surface area contributed by atoms with E-state index in [4.69, 9.17) is 16.3 Å². The van der Waals surface area contributed by atoms with Gasteiger partial charge in [-0.05, 0) is 62.2 Å². The molecule has 0 radical (unpaired) electrons. The SMILES string of the molecule is CCn1ncc(CNC(=O)c2ccc(COc3ccc(Cl)c(C)c3)cc2)c1C. The number of carbonyl (C=O) groups excluding carboxylic acids is 1. The monoisotopic (exact) mass is 397 g/mol. The summed E-state index contributed by atoms with van der Waals surface area (Å²) in [4.78, 5) is 12.4. The van der Waals surface area contributed by atoms with Gasteiger partial charge < -0.3 is 10.1 Å². The first-order chi connectivity index (χ1) is 13.5. The van der Waals surface area contributed by atoms with Gasteiger partial charge in [0, 0.05) is 34.9 Å². The average molecular weight is 398 g/mol. The van der Waals surface area contributed by atoms with E-state index in [2.05, 4.69) is 10.4 Å². The van der Waals surface area contributed by atoms with E-state index in [1.54, 1.807) is 6.20 Å². The van der Waals surface area contributed by atoms with Crippen molar-refractivity contribution in [1.82, 2.24) is 15.1 Å². The van der Waals surface area contributed by atoms with Crippen molar-refractivity contribution in [1.29, 1.82) is 0 Å². The molecule has 1 N–H and O–H groups in total. The van der Waals surface area contributed by atoms with Crippen LogP contribution >= 0.6 is 11.6 Å². The number of halogens is 1. The van der Waals surface area contributed by atoms with E-state index in [0.717, 1.165) is 39.7 Å². The number of amides is 1. The van der Waals surface area contributed by atoms with E-state index < -0.39 is 0 Å². The van der Waals surface area contributed by atoms with Gasteiger partial charge in [-0.2, -0.15) is 5.10 Å². The number of rotatable bonds is 7. The average Bonchev–Trinajstić information content (AvgIpc) is 3.07. The van der Waals surface area contributed by atoms with Crippen molar-refractivity contribution < 1.29 is 9.53 Å². The fraction of sp³-hybridized carbons (Fsp3) is 0.273. The van der Waals surface area contributed by atoms with Gasteiger partial charge in [-0.1, -0.05) is 23.7 Å². The highest BCUT2D eigenvalue weighted by Crippen LogP contribution is 2.22. The van der Waals surface area contributed by atoms with Crippen molar-refractivity contribution in [3.8, 4) is 5.75 Å².